The minimum Gasteiger partial charge on any atom is -0.353 e. The Morgan fingerprint density at radius 3 is 2.12 bits per heavy atom. The highest BCUT2D eigenvalue weighted by molar-refractivity contribution is 6.35. The van der Waals surface area contributed by atoms with Gasteiger partial charge in [-0.25, -0.2) is 22.0 Å². The zero-order chi connectivity index (χ0) is 24.6. The molecule has 0 saturated heterocycles. The van der Waals surface area contributed by atoms with Gasteiger partial charge in [0.2, 0.25) is 0 Å². The van der Waals surface area contributed by atoms with E-state index < -0.39 is 34.9 Å². The Morgan fingerprint density at radius 1 is 0.706 bits per heavy atom. The first kappa shape index (κ1) is 23.4. The molecule has 4 aromatic carbocycles. The number of hydrogen-bond donors (Lipinski definition) is 1. The number of carbonyl (C=O) groups excluding carboxylic acids is 1. The van der Waals surface area contributed by atoms with E-state index in [-0.39, 0.29) is 38.5 Å². The van der Waals surface area contributed by atoms with E-state index in [2.05, 4.69) is 5.32 Å². The van der Waals surface area contributed by atoms with E-state index in [0.717, 1.165) is 30.3 Å². The Bertz CT molecular complexity index is 1440. The molecule has 34 heavy (non-hydrogen) atoms. The van der Waals surface area contributed by atoms with Crippen LogP contribution in [0, 0.1) is 36.0 Å². The lowest BCUT2D eigenvalue weighted by molar-refractivity contribution is 0.103. The molecule has 0 heterocycles. The lowest BCUT2D eigenvalue weighted by Crippen LogP contribution is -2.07. The third kappa shape index (κ3) is 4.65. The van der Waals surface area contributed by atoms with Crippen LogP contribution in [0.2, 0.25) is 5.02 Å². The maximum atomic E-state index is 14.6. The van der Waals surface area contributed by atoms with Gasteiger partial charge in [0, 0.05) is 22.9 Å². The lowest BCUT2D eigenvalue weighted by Gasteiger charge is -2.13. The Balaban J connectivity index is 1.68. The molecule has 0 aromatic heterocycles. The van der Waals surface area contributed by atoms with E-state index in [4.69, 9.17) is 11.6 Å². The summed E-state index contributed by atoms with van der Waals surface area (Å²) in [5.41, 5.74) is 0.830. The first-order valence-corrected chi connectivity index (χ1v) is 10.3. The minimum atomic E-state index is -1.10. The number of halogens is 6. The molecule has 0 unspecified atom stereocenters. The van der Waals surface area contributed by atoms with Crippen LogP contribution in [0.5, 0.6) is 0 Å². The van der Waals surface area contributed by atoms with Crippen LogP contribution in [0.1, 0.15) is 21.5 Å². The van der Waals surface area contributed by atoms with Gasteiger partial charge in [-0.3, -0.25) is 4.79 Å². The van der Waals surface area contributed by atoms with Crippen LogP contribution in [-0.2, 0) is 0 Å². The Labute approximate surface area is 196 Å². The third-order valence-electron chi connectivity index (χ3n) is 5.27. The summed E-state index contributed by atoms with van der Waals surface area (Å²) in [4.78, 5) is 13.2. The molecule has 1 N–H and O–H groups in total. The average Bonchev–Trinajstić information content (AvgIpc) is 2.79. The van der Waals surface area contributed by atoms with E-state index in [9.17, 15) is 26.7 Å². The number of rotatable bonds is 5. The van der Waals surface area contributed by atoms with Gasteiger partial charge in [-0.1, -0.05) is 17.7 Å². The monoisotopic (exact) mass is 487 g/mol. The molecule has 172 valence electrons. The number of benzene rings is 4. The summed E-state index contributed by atoms with van der Waals surface area (Å²) < 4.78 is 68.6. The van der Waals surface area contributed by atoms with Crippen molar-refractivity contribution in [1.29, 1.82) is 0 Å². The number of anilines is 2. The Kier molecular flexibility index (Phi) is 6.39. The van der Waals surface area contributed by atoms with Gasteiger partial charge in [-0.15, -0.1) is 0 Å². The molecule has 0 saturated carbocycles. The highest BCUT2D eigenvalue weighted by Crippen LogP contribution is 2.31. The SMILES string of the molecule is Cc1c(F)cc(-c2ccc(F)c(F)c2)cc1C(=O)c1ccc(Nc2ccc(F)cc2F)cc1Cl. The van der Waals surface area contributed by atoms with Crippen molar-refractivity contribution >= 4 is 28.8 Å². The van der Waals surface area contributed by atoms with Gasteiger partial charge in [-0.2, -0.15) is 0 Å². The second-order valence-electron chi connectivity index (χ2n) is 7.53. The van der Waals surface area contributed by atoms with Crippen molar-refractivity contribution in [3.8, 4) is 11.1 Å². The molecule has 0 radical (unpaired) electrons. The summed E-state index contributed by atoms with van der Waals surface area (Å²) in [5.74, 6) is -4.98. The molecule has 0 aliphatic carbocycles. The van der Waals surface area contributed by atoms with E-state index in [1.165, 1.54) is 43.3 Å². The van der Waals surface area contributed by atoms with Crippen LogP contribution in [0.25, 0.3) is 11.1 Å². The third-order valence-corrected chi connectivity index (χ3v) is 5.58. The van der Waals surface area contributed by atoms with Gasteiger partial charge in [-0.05, 0) is 78.2 Å². The van der Waals surface area contributed by atoms with Gasteiger partial charge < -0.3 is 5.32 Å². The minimum absolute atomic E-state index is 0.00748. The van der Waals surface area contributed by atoms with Gasteiger partial charge in [0.1, 0.15) is 17.5 Å². The smallest absolute Gasteiger partial charge is 0.194 e. The highest BCUT2D eigenvalue weighted by Gasteiger charge is 2.20. The first-order valence-electron chi connectivity index (χ1n) is 9.96. The van der Waals surface area contributed by atoms with Crippen molar-refractivity contribution in [2.45, 2.75) is 6.92 Å². The van der Waals surface area contributed by atoms with Gasteiger partial charge in [0.05, 0.1) is 10.7 Å². The summed E-state index contributed by atoms with van der Waals surface area (Å²) in [5, 5.41) is 2.75. The topological polar surface area (TPSA) is 29.1 Å². The summed E-state index contributed by atoms with van der Waals surface area (Å²) >= 11 is 6.29. The van der Waals surface area contributed by atoms with Crippen molar-refractivity contribution in [3.63, 3.8) is 0 Å². The van der Waals surface area contributed by atoms with Crippen molar-refractivity contribution < 1.29 is 26.7 Å². The van der Waals surface area contributed by atoms with Crippen LogP contribution in [-0.4, -0.2) is 5.78 Å². The molecule has 4 rings (SSSR count). The fraction of sp³-hybridized carbons (Fsp3) is 0.0385. The molecule has 0 aliphatic heterocycles. The molecule has 0 fully saturated rings. The maximum Gasteiger partial charge on any atom is 0.194 e. The zero-order valence-corrected chi connectivity index (χ0v) is 18.3. The van der Waals surface area contributed by atoms with Crippen molar-refractivity contribution in [1.82, 2.24) is 0 Å². The van der Waals surface area contributed by atoms with Crippen molar-refractivity contribution in [2.24, 2.45) is 0 Å². The first-order chi connectivity index (χ1) is 16.1. The van der Waals surface area contributed by atoms with E-state index >= 15 is 0 Å². The molecule has 0 spiro atoms. The molecule has 0 amide bonds. The van der Waals surface area contributed by atoms with Gasteiger partial charge in [0.25, 0.3) is 0 Å². The predicted octanol–water partition coefficient (Wildman–Crippen LogP) is 7.99. The van der Waals surface area contributed by atoms with E-state index in [1.807, 2.05) is 0 Å². The molecule has 2 nitrogen and oxygen atoms in total. The molecule has 0 atom stereocenters. The number of ketones is 1. The van der Waals surface area contributed by atoms with Crippen LogP contribution >= 0.6 is 11.6 Å². The number of nitrogens with one attached hydrogen (secondary N) is 1. The molecular weight excluding hydrogens is 473 g/mol. The van der Waals surface area contributed by atoms with Crippen LogP contribution in [0.15, 0.2) is 66.7 Å². The number of carbonyl (C=O) groups is 1. The fourth-order valence-corrected chi connectivity index (χ4v) is 3.69. The Hall–Kier alpha value is -3.71. The fourth-order valence-electron chi connectivity index (χ4n) is 3.43. The van der Waals surface area contributed by atoms with Crippen molar-refractivity contribution in [3.05, 3.63) is 118 Å². The number of hydrogen-bond acceptors (Lipinski definition) is 2. The standard InChI is InChI=1S/C26H15ClF5NO/c1-13-19(8-15(10-22(13)30)14-2-6-21(29)23(31)9-14)26(34)18-5-4-17(12-20(18)27)33-25-7-3-16(28)11-24(25)32/h2-12,33H,1H3. The second kappa shape index (κ2) is 9.27. The average molecular weight is 488 g/mol. The zero-order valence-electron chi connectivity index (χ0n) is 17.5. The summed E-state index contributed by atoms with van der Waals surface area (Å²) in [6.45, 7) is 1.42. The van der Waals surface area contributed by atoms with Crippen LogP contribution < -0.4 is 5.32 Å². The quantitative estimate of drug-likeness (QED) is 0.228. The Morgan fingerprint density at radius 2 is 1.44 bits per heavy atom. The predicted molar refractivity (Wildman–Crippen MR) is 121 cm³/mol. The largest absolute Gasteiger partial charge is 0.353 e. The van der Waals surface area contributed by atoms with E-state index in [0.29, 0.717) is 5.69 Å². The van der Waals surface area contributed by atoms with Crippen LogP contribution in [0.3, 0.4) is 0 Å². The van der Waals surface area contributed by atoms with E-state index in [1.54, 1.807) is 0 Å². The summed E-state index contributed by atoms with van der Waals surface area (Å²) in [6, 6.07) is 12.9. The van der Waals surface area contributed by atoms with Gasteiger partial charge in [0.15, 0.2) is 17.4 Å². The highest BCUT2D eigenvalue weighted by atomic mass is 35.5. The van der Waals surface area contributed by atoms with Crippen molar-refractivity contribution in [2.75, 3.05) is 5.32 Å². The summed E-state index contributed by atoms with van der Waals surface area (Å²) in [7, 11) is 0. The normalized spacial score (nSPS) is 10.9. The second-order valence-corrected chi connectivity index (χ2v) is 7.94. The molecule has 8 heteroatoms. The summed E-state index contributed by atoms with van der Waals surface area (Å²) in [6.07, 6.45) is 0. The maximum absolute atomic E-state index is 14.6. The molecule has 0 aliphatic rings. The van der Waals surface area contributed by atoms with Crippen LogP contribution in [0.4, 0.5) is 33.3 Å². The van der Waals surface area contributed by atoms with Gasteiger partial charge >= 0.3 is 0 Å². The molecular formula is C26H15ClF5NO. The molecule has 0 bridgehead atoms. The molecule has 4 aromatic rings. The lowest BCUT2D eigenvalue weighted by atomic mass is 9.94.